The number of urea groups is 1. The van der Waals surface area contributed by atoms with Crippen molar-refractivity contribution in [2.75, 3.05) is 31.6 Å². The van der Waals surface area contributed by atoms with E-state index in [0.717, 1.165) is 23.1 Å². The highest BCUT2D eigenvalue weighted by atomic mass is 19.4. The number of carbonyl (C=O) groups is 2. The Morgan fingerprint density at radius 2 is 1.65 bits per heavy atom. The molecule has 14 heteroatoms. The summed E-state index contributed by atoms with van der Waals surface area (Å²) in [6.45, 7) is 1.44. The summed E-state index contributed by atoms with van der Waals surface area (Å²) in [5.74, 6) is -7.98. The van der Waals surface area contributed by atoms with Crippen molar-refractivity contribution < 1.29 is 54.9 Å². The van der Waals surface area contributed by atoms with Crippen LogP contribution in [0.25, 0.3) is 0 Å². The van der Waals surface area contributed by atoms with Gasteiger partial charge >= 0.3 is 24.1 Å². The number of ether oxygens (including phenoxy) is 2. The van der Waals surface area contributed by atoms with Crippen LogP contribution in [-0.2, 0) is 16.0 Å². The number of amides is 2. The Labute approximate surface area is 225 Å². The molecule has 0 saturated heterocycles. The van der Waals surface area contributed by atoms with Crippen molar-refractivity contribution in [3.8, 4) is 5.75 Å². The number of hydrogen-bond donors (Lipinski definition) is 2. The van der Waals surface area contributed by atoms with Crippen molar-refractivity contribution in [2.24, 2.45) is 0 Å². The minimum atomic E-state index is -5.68. The SMILES string of the molecule is CCOC(Cc1ccc(OCCN(CCCCC(F)(F)C(F)(F)F)C(=O)Nc2ccc(F)c(F)c2)cc1)C(=O)O. The number of carboxylic acids is 1. The van der Waals surface area contributed by atoms with Crippen LogP contribution in [0, 0.1) is 11.6 Å². The first kappa shape index (κ1) is 32.7. The second kappa shape index (κ2) is 14.7. The molecule has 0 radical (unpaired) electrons. The summed E-state index contributed by atoms with van der Waals surface area (Å²) in [4.78, 5) is 25.0. The van der Waals surface area contributed by atoms with Crippen LogP contribution in [0.2, 0.25) is 0 Å². The molecule has 2 amide bonds. The third-order valence-electron chi connectivity index (χ3n) is 5.66. The topological polar surface area (TPSA) is 88.1 Å². The predicted octanol–water partition coefficient (Wildman–Crippen LogP) is 6.28. The second-order valence-electron chi connectivity index (χ2n) is 8.68. The number of carbonyl (C=O) groups excluding carboxylic acids is 1. The molecule has 40 heavy (non-hydrogen) atoms. The van der Waals surface area contributed by atoms with Crippen LogP contribution in [0.5, 0.6) is 5.75 Å². The molecule has 2 aromatic rings. The number of halogens is 7. The first-order valence-electron chi connectivity index (χ1n) is 12.2. The lowest BCUT2D eigenvalue weighted by Gasteiger charge is -2.24. The molecule has 0 aromatic heterocycles. The molecule has 1 unspecified atom stereocenters. The molecule has 0 heterocycles. The molecule has 0 aliphatic rings. The zero-order valence-electron chi connectivity index (χ0n) is 21.4. The number of benzene rings is 2. The summed E-state index contributed by atoms with van der Waals surface area (Å²) in [6, 6.07) is 8.15. The number of alkyl halides is 5. The van der Waals surface area contributed by atoms with Gasteiger partial charge in [-0.25, -0.2) is 18.4 Å². The zero-order chi connectivity index (χ0) is 29.9. The molecule has 0 aliphatic carbocycles. The summed E-state index contributed by atoms with van der Waals surface area (Å²) in [5, 5.41) is 11.5. The molecule has 1 atom stereocenters. The van der Waals surface area contributed by atoms with Crippen LogP contribution in [0.4, 0.5) is 41.2 Å². The monoisotopic (exact) mass is 582 g/mol. The molecule has 0 fully saturated rings. The van der Waals surface area contributed by atoms with E-state index in [4.69, 9.17) is 9.47 Å². The fourth-order valence-electron chi connectivity index (χ4n) is 3.51. The van der Waals surface area contributed by atoms with E-state index in [1.54, 1.807) is 31.2 Å². The molecular formula is C26H29F7N2O5. The third kappa shape index (κ3) is 10.2. The summed E-state index contributed by atoms with van der Waals surface area (Å²) >= 11 is 0. The van der Waals surface area contributed by atoms with E-state index < -0.39 is 54.7 Å². The van der Waals surface area contributed by atoms with Crippen LogP contribution in [0.3, 0.4) is 0 Å². The lowest BCUT2D eigenvalue weighted by Crippen LogP contribution is -2.39. The summed E-state index contributed by atoms with van der Waals surface area (Å²) in [7, 11) is 0. The Morgan fingerprint density at radius 1 is 0.975 bits per heavy atom. The highest BCUT2D eigenvalue weighted by Gasteiger charge is 2.56. The van der Waals surface area contributed by atoms with Crippen LogP contribution < -0.4 is 10.1 Å². The first-order valence-corrected chi connectivity index (χ1v) is 12.2. The molecule has 0 spiro atoms. The van der Waals surface area contributed by atoms with Gasteiger partial charge in [-0.3, -0.25) is 0 Å². The van der Waals surface area contributed by atoms with Gasteiger partial charge in [0.2, 0.25) is 0 Å². The lowest BCUT2D eigenvalue weighted by molar-refractivity contribution is -0.284. The first-order chi connectivity index (χ1) is 18.7. The van der Waals surface area contributed by atoms with Gasteiger partial charge in [0, 0.05) is 37.7 Å². The van der Waals surface area contributed by atoms with Crippen molar-refractivity contribution in [1.29, 1.82) is 0 Å². The fraction of sp³-hybridized carbons (Fsp3) is 0.462. The highest BCUT2D eigenvalue weighted by molar-refractivity contribution is 5.89. The Hall–Kier alpha value is -3.55. The maximum Gasteiger partial charge on any atom is 0.453 e. The van der Waals surface area contributed by atoms with Gasteiger partial charge in [-0.15, -0.1) is 0 Å². The summed E-state index contributed by atoms with van der Waals surface area (Å²) in [5.41, 5.74) is 0.567. The quantitative estimate of drug-likeness (QED) is 0.191. The van der Waals surface area contributed by atoms with E-state index in [1.165, 1.54) is 0 Å². The number of nitrogens with zero attached hydrogens (tertiary/aromatic N) is 1. The average Bonchev–Trinajstić information content (AvgIpc) is 2.87. The van der Waals surface area contributed by atoms with E-state index >= 15 is 0 Å². The van der Waals surface area contributed by atoms with Crippen molar-refractivity contribution in [1.82, 2.24) is 4.90 Å². The molecule has 0 saturated carbocycles. The molecule has 2 aromatic carbocycles. The Morgan fingerprint density at radius 3 is 2.23 bits per heavy atom. The van der Waals surface area contributed by atoms with Gasteiger partial charge in [-0.1, -0.05) is 12.1 Å². The van der Waals surface area contributed by atoms with E-state index in [0.29, 0.717) is 11.3 Å². The van der Waals surface area contributed by atoms with Crippen molar-refractivity contribution in [3.63, 3.8) is 0 Å². The number of rotatable bonds is 15. The minimum absolute atomic E-state index is 0.0965. The normalized spacial score (nSPS) is 12.6. The third-order valence-corrected chi connectivity index (χ3v) is 5.66. The standard InChI is InChI=1S/C26H29F7N2O5/c1-2-39-22(23(36)37)15-17-5-8-19(9-6-17)40-14-13-35(12-4-3-11-25(29,30)26(31,32)33)24(38)34-18-7-10-20(27)21(28)16-18/h5-10,16,22H,2-4,11-15H2,1H3,(H,34,38)(H,36,37). The number of aliphatic carboxylic acids is 1. The number of nitrogens with one attached hydrogen (secondary N) is 1. The van der Waals surface area contributed by atoms with E-state index in [-0.39, 0.29) is 44.8 Å². The average molecular weight is 583 g/mol. The lowest BCUT2D eigenvalue weighted by atomic mass is 10.1. The van der Waals surface area contributed by atoms with E-state index in [9.17, 15) is 45.4 Å². The highest BCUT2D eigenvalue weighted by Crippen LogP contribution is 2.39. The predicted molar refractivity (Wildman–Crippen MR) is 130 cm³/mol. The van der Waals surface area contributed by atoms with Gasteiger partial charge in [0.05, 0.1) is 6.54 Å². The number of hydrogen-bond acceptors (Lipinski definition) is 4. The van der Waals surface area contributed by atoms with E-state index in [2.05, 4.69) is 5.32 Å². The van der Waals surface area contributed by atoms with Crippen molar-refractivity contribution in [2.45, 2.75) is 50.8 Å². The van der Waals surface area contributed by atoms with Crippen molar-refractivity contribution >= 4 is 17.7 Å². The molecule has 7 nitrogen and oxygen atoms in total. The van der Waals surface area contributed by atoms with Gasteiger partial charge in [-0.05, 0) is 49.6 Å². The van der Waals surface area contributed by atoms with Crippen LogP contribution in [-0.4, -0.2) is 66.5 Å². The van der Waals surface area contributed by atoms with Gasteiger partial charge in [0.25, 0.3) is 0 Å². The molecule has 0 bridgehead atoms. The smallest absolute Gasteiger partial charge is 0.453 e. The molecule has 2 rings (SSSR count). The van der Waals surface area contributed by atoms with Gasteiger partial charge < -0.3 is 24.8 Å². The van der Waals surface area contributed by atoms with Crippen LogP contribution >= 0.6 is 0 Å². The molecular weight excluding hydrogens is 553 g/mol. The van der Waals surface area contributed by atoms with E-state index in [1.807, 2.05) is 0 Å². The van der Waals surface area contributed by atoms with Gasteiger partial charge in [0.15, 0.2) is 17.7 Å². The largest absolute Gasteiger partial charge is 0.492 e. The summed E-state index contributed by atoms with van der Waals surface area (Å²) in [6.07, 6.45) is -8.77. The fourth-order valence-corrected chi connectivity index (χ4v) is 3.51. The summed E-state index contributed by atoms with van der Waals surface area (Å²) < 4.78 is 101. The van der Waals surface area contributed by atoms with Crippen LogP contribution in [0.1, 0.15) is 31.7 Å². The second-order valence-corrected chi connectivity index (χ2v) is 8.68. The molecule has 2 N–H and O–H groups in total. The maximum absolute atomic E-state index is 13.5. The number of unbranched alkanes of at least 4 members (excludes halogenated alkanes) is 1. The number of anilines is 1. The Bertz CT molecular complexity index is 1110. The minimum Gasteiger partial charge on any atom is -0.492 e. The maximum atomic E-state index is 13.5. The zero-order valence-corrected chi connectivity index (χ0v) is 21.4. The Balaban J connectivity index is 1.99. The van der Waals surface area contributed by atoms with Gasteiger partial charge in [-0.2, -0.15) is 22.0 Å². The molecule has 222 valence electrons. The number of carboxylic acid groups (broad SMARTS) is 1. The van der Waals surface area contributed by atoms with Gasteiger partial charge in [0.1, 0.15) is 12.4 Å². The van der Waals surface area contributed by atoms with Crippen LogP contribution in [0.15, 0.2) is 42.5 Å². The molecule has 0 aliphatic heterocycles. The van der Waals surface area contributed by atoms with Crippen molar-refractivity contribution in [3.05, 3.63) is 59.7 Å². The Kier molecular flexibility index (Phi) is 12.0.